The minimum Gasteiger partial charge on any atom is -0.478 e. The summed E-state index contributed by atoms with van der Waals surface area (Å²) in [6.45, 7) is 0. The number of carbonyl (C=O) groups is 1. The number of aromatic nitrogens is 2. The van der Waals surface area contributed by atoms with Gasteiger partial charge in [-0.3, -0.25) is 4.79 Å². The molecule has 0 unspecified atom stereocenters. The van der Waals surface area contributed by atoms with E-state index in [4.69, 9.17) is 16.7 Å². The molecule has 0 saturated carbocycles. The van der Waals surface area contributed by atoms with E-state index in [0.29, 0.717) is 5.39 Å². The number of hydrogen-bond donors (Lipinski definition) is 2. The molecule has 110 valence electrons. The Labute approximate surface area is 133 Å². The zero-order chi connectivity index (χ0) is 15.7. The number of nitrogens with one attached hydrogen (secondary N) is 1. The van der Waals surface area contributed by atoms with Crippen LogP contribution in [-0.2, 0) is 0 Å². The van der Waals surface area contributed by atoms with Crippen LogP contribution in [0.1, 0.15) is 21.1 Å². The van der Waals surface area contributed by atoms with Crippen molar-refractivity contribution in [2.75, 3.05) is 0 Å². The fraction of sp³-hybridized carbons (Fsp3) is 0. The summed E-state index contributed by atoms with van der Waals surface area (Å²) in [7, 11) is 0. The molecule has 3 aromatic rings. The van der Waals surface area contributed by atoms with Gasteiger partial charge in [0.2, 0.25) is 0 Å². The van der Waals surface area contributed by atoms with E-state index in [2.05, 4.69) is 9.97 Å². The van der Waals surface area contributed by atoms with Crippen LogP contribution >= 0.6 is 22.9 Å². The van der Waals surface area contributed by atoms with Crippen molar-refractivity contribution < 1.29 is 9.90 Å². The molecule has 0 atom stereocenters. The number of aromatic carboxylic acids is 1. The van der Waals surface area contributed by atoms with Crippen molar-refractivity contribution in [1.29, 1.82) is 0 Å². The fourth-order valence-electron chi connectivity index (χ4n) is 1.95. The molecule has 22 heavy (non-hydrogen) atoms. The number of aromatic amines is 1. The van der Waals surface area contributed by atoms with Gasteiger partial charge in [-0.15, -0.1) is 11.3 Å². The van der Waals surface area contributed by atoms with E-state index < -0.39 is 5.97 Å². The number of carboxylic acids is 1. The number of fused-ring (bicyclic) bond motifs is 1. The van der Waals surface area contributed by atoms with Gasteiger partial charge < -0.3 is 10.1 Å². The molecule has 7 heteroatoms. The molecule has 0 spiro atoms. The van der Waals surface area contributed by atoms with E-state index in [1.807, 2.05) is 17.5 Å². The third-order valence-corrected chi connectivity index (χ3v) is 4.10. The molecule has 0 fully saturated rings. The van der Waals surface area contributed by atoms with E-state index in [1.54, 1.807) is 6.08 Å². The summed E-state index contributed by atoms with van der Waals surface area (Å²) in [6, 6.07) is 7.92. The Morgan fingerprint density at radius 3 is 2.86 bits per heavy atom. The summed E-state index contributed by atoms with van der Waals surface area (Å²) < 4.78 is 0. The van der Waals surface area contributed by atoms with Gasteiger partial charge in [0.15, 0.2) is 5.82 Å². The van der Waals surface area contributed by atoms with Gasteiger partial charge in [0.25, 0.3) is 5.56 Å². The number of nitrogens with zero attached hydrogens (tertiary/aromatic N) is 1. The van der Waals surface area contributed by atoms with Crippen LogP contribution < -0.4 is 5.56 Å². The molecular weight excluding hydrogens is 324 g/mol. The van der Waals surface area contributed by atoms with Gasteiger partial charge in [-0.2, -0.15) is 0 Å². The molecule has 0 saturated heterocycles. The van der Waals surface area contributed by atoms with Gasteiger partial charge >= 0.3 is 5.97 Å². The Hall–Kier alpha value is -2.44. The lowest BCUT2D eigenvalue weighted by molar-refractivity contribution is 0.0697. The van der Waals surface area contributed by atoms with E-state index in [1.165, 1.54) is 29.5 Å². The van der Waals surface area contributed by atoms with E-state index in [9.17, 15) is 9.59 Å². The van der Waals surface area contributed by atoms with Crippen LogP contribution in [0.5, 0.6) is 0 Å². The molecule has 0 aliphatic carbocycles. The molecular formula is C15H9ClN2O3S. The molecule has 0 bridgehead atoms. The third kappa shape index (κ3) is 2.79. The molecule has 3 rings (SSSR count). The monoisotopic (exact) mass is 332 g/mol. The second-order valence-electron chi connectivity index (χ2n) is 4.46. The number of hydrogen-bond acceptors (Lipinski definition) is 4. The van der Waals surface area contributed by atoms with Crippen molar-refractivity contribution in [3.8, 4) is 0 Å². The highest BCUT2D eigenvalue weighted by molar-refractivity contribution is 7.11. The van der Waals surface area contributed by atoms with Crippen molar-refractivity contribution in [3.63, 3.8) is 0 Å². The summed E-state index contributed by atoms with van der Waals surface area (Å²) in [6.07, 6.45) is 1.69. The molecule has 0 aliphatic rings. The third-order valence-electron chi connectivity index (χ3n) is 2.99. The van der Waals surface area contributed by atoms with Gasteiger partial charge in [-0.05, 0) is 35.7 Å². The topological polar surface area (TPSA) is 83.0 Å². The maximum atomic E-state index is 12.1. The van der Waals surface area contributed by atoms with Gasteiger partial charge in [-0.25, -0.2) is 9.78 Å². The summed E-state index contributed by atoms with van der Waals surface area (Å²) in [5.74, 6) is -0.874. The number of thiophene rings is 1. The Balaban J connectivity index is 2.15. The number of rotatable bonds is 3. The van der Waals surface area contributed by atoms with Gasteiger partial charge in [0, 0.05) is 4.88 Å². The van der Waals surface area contributed by atoms with Gasteiger partial charge in [0.1, 0.15) is 0 Å². The van der Waals surface area contributed by atoms with E-state index in [-0.39, 0.29) is 27.5 Å². The first-order valence-corrected chi connectivity index (χ1v) is 7.49. The normalized spacial score (nSPS) is 11.8. The van der Waals surface area contributed by atoms with Crippen molar-refractivity contribution in [2.24, 2.45) is 0 Å². The first-order chi connectivity index (χ1) is 10.5. The first kappa shape index (κ1) is 14.5. The first-order valence-electron chi connectivity index (χ1n) is 6.23. The Bertz CT molecular complexity index is 945. The summed E-state index contributed by atoms with van der Waals surface area (Å²) in [4.78, 5) is 30.8. The summed E-state index contributed by atoms with van der Waals surface area (Å²) in [5, 5.41) is 11.5. The standard InChI is InChI=1S/C15H9ClN2O3S/c16-11(7-9-2-1-5-22-9)13-17-12-6-8(15(20)21)3-4-10(12)14(19)18-13/h1-7H,(H,20,21)(H,17,18,19). The Kier molecular flexibility index (Phi) is 3.79. The van der Waals surface area contributed by atoms with Crippen LogP contribution in [0.4, 0.5) is 0 Å². The fourth-order valence-corrected chi connectivity index (χ4v) is 2.88. The molecule has 2 heterocycles. The summed E-state index contributed by atoms with van der Waals surface area (Å²) >= 11 is 7.69. The van der Waals surface area contributed by atoms with Crippen LogP contribution in [0.15, 0.2) is 40.5 Å². The van der Waals surface area contributed by atoms with Crippen LogP contribution in [0.2, 0.25) is 0 Å². The average Bonchev–Trinajstić information content (AvgIpc) is 2.99. The highest BCUT2D eigenvalue weighted by Crippen LogP contribution is 2.22. The van der Waals surface area contributed by atoms with Crippen molar-refractivity contribution in [3.05, 3.63) is 62.3 Å². The molecule has 1 aromatic carbocycles. The number of benzene rings is 1. The molecule has 0 amide bonds. The maximum Gasteiger partial charge on any atom is 0.335 e. The Morgan fingerprint density at radius 2 is 2.18 bits per heavy atom. The number of H-pyrrole nitrogens is 1. The number of carboxylic acid groups (broad SMARTS) is 1. The molecule has 2 aromatic heterocycles. The second-order valence-corrected chi connectivity index (χ2v) is 5.85. The number of halogens is 1. The van der Waals surface area contributed by atoms with Crippen molar-refractivity contribution >= 4 is 50.9 Å². The van der Waals surface area contributed by atoms with E-state index >= 15 is 0 Å². The second kappa shape index (κ2) is 5.75. The predicted molar refractivity (Wildman–Crippen MR) is 87.4 cm³/mol. The molecule has 0 radical (unpaired) electrons. The average molecular weight is 333 g/mol. The zero-order valence-electron chi connectivity index (χ0n) is 11.0. The molecule has 0 aliphatic heterocycles. The van der Waals surface area contributed by atoms with Gasteiger partial charge in [0.05, 0.1) is 21.5 Å². The van der Waals surface area contributed by atoms with Crippen LogP contribution in [0, 0.1) is 0 Å². The molecule has 5 nitrogen and oxygen atoms in total. The van der Waals surface area contributed by atoms with Crippen LogP contribution in [0.3, 0.4) is 0 Å². The lowest BCUT2D eigenvalue weighted by Gasteiger charge is -2.03. The predicted octanol–water partition coefficient (Wildman–Crippen LogP) is 3.42. The Morgan fingerprint density at radius 1 is 1.36 bits per heavy atom. The zero-order valence-corrected chi connectivity index (χ0v) is 12.6. The largest absolute Gasteiger partial charge is 0.478 e. The summed E-state index contributed by atoms with van der Waals surface area (Å²) in [5.41, 5.74) is -0.0130. The SMILES string of the molecule is O=C(O)c1ccc2c(=O)[nH]c(C(Cl)=Cc3cccs3)nc2c1. The van der Waals surface area contributed by atoms with E-state index in [0.717, 1.165) is 4.88 Å². The highest BCUT2D eigenvalue weighted by atomic mass is 35.5. The van der Waals surface area contributed by atoms with Crippen LogP contribution in [0.25, 0.3) is 22.0 Å². The van der Waals surface area contributed by atoms with Crippen molar-refractivity contribution in [2.45, 2.75) is 0 Å². The lowest BCUT2D eigenvalue weighted by atomic mass is 10.1. The van der Waals surface area contributed by atoms with Gasteiger partial charge in [-0.1, -0.05) is 17.7 Å². The van der Waals surface area contributed by atoms with Crippen LogP contribution in [-0.4, -0.2) is 21.0 Å². The maximum absolute atomic E-state index is 12.1. The quantitative estimate of drug-likeness (QED) is 0.769. The van der Waals surface area contributed by atoms with Crippen molar-refractivity contribution in [1.82, 2.24) is 9.97 Å². The molecule has 2 N–H and O–H groups in total. The smallest absolute Gasteiger partial charge is 0.335 e. The lowest BCUT2D eigenvalue weighted by Crippen LogP contribution is -2.11. The minimum absolute atomic E-state index is 0.0647. The highest BCUT2D eigenvalue weighted by Gasteiger charge is 2.10. The minimum atomic E-state index is -1.08.